The van der Waals surface area contributed by atoms with Gasteiger partial charge in [0.25, 0.3) is 0 Å². The number of rotatable bonds is 3. The molecule has 2 aromatic heterocycles. The van der Waals surface area contributed by atoms with Gasteiger partial charge in [0, 0.05) is 24.4 Å². The van der Waals surface area contributed by atoms with Gasteiger partial charge in [-0.1, -0.05) is 36.0 Å². The zero-order chi connectivity index (χ0) is 15.7. The van der Waals surface area contributed by atoms with Gasteiger partial charge in [-0.3, -0.25) is 4.98 Å². The maximum Gasteiger partial charge on any atom is 0.451 e. The predicted octanol–water partition coefficient (Wildman–Crippen LogP) is 3.67. The number of nitrogens with zero attached hydrogens (tertiary/aromatic N) is 4. The number of halogens is 3. The molecular formula is C14H11F3N4S. The van der Waals surface area contributed by atoms with Crippen molar-refractivity contribution in [3.63, 3.8) is 0 Å². The molecule has 0 fully saturated rings. The highest BCUT2D eigenvalue weighted by atomic mass is 32.2. The minimum absolute atomic E-state index is 0.222. The molecule has 0 aliphatic rings. The van der Waals surface area contributed by atoms with Crippen molar-refractivity contribution in [2.45, 2.75) is 17.1 Å². The monoisotopic (exact) mass is 324 g/mol. The van der Waals surface area contributed by atoms with E-state index in [1.165, 1.54) is 18.8 Å². The average Bonchev–Trinajstić information content (AvgIpc) is 2.86. The van der Waals surface area contributed by atoms with Crippen LogP contribution in [0.4, 0.5) is 13.2 Å². The van der Waals surface area contributed by atoms with Gasteiger partial charge in [-0.05, 0) is 11.6 Å². The van der Waals surface area contributed by atoms with Crippen LogP contribution >= 0.6 is 11.8 Å². The maximum absolute atomic E-state index is 12.7. The first kappa shape index (κ1) is 14.8. The van der Waals surface area contributed by atoms with E-state index in [1.54, 1.807) is 6.20 Å². The quantitative estimate of drug-likeness (QED) is 0.690. The molecule has 0 radical (unpaired) electrons. The Bertz CT molecular complexity index is 808. The molecule has 0 atom stereocenters. The lowest BCUT2D eigenvalue weighted by molar-refractivity contribution is -0.147. The standard InChI is InChI=1S/C14H11F3N4S/c1-21-12(14(15,16)17)19-20-13(21)22-8-10-5-2-4-9-6-3-7-18-11(9)10/h2-7H,8H2,1H3. The first-order valence-electron chi connectivity index (χ1n) is 6.39. The molecular weight excluding hydrogens is 313 g/mol. The van der Waals surface area contributed by atoms with Crippen molar-refractivity contribution in [1.29, 1.82) is 0 Å². The number of thioether (sulfide) groups is 1. The fourth-order valence-electron chi connectivity index (χ4n) is 2.11. The van der Waals surface area contributed by atoms with Crippen LogP contribution in [-0.4, -0.2) is 19.7 Å². The summed E-state index contributed by atoms with van der Waals surface area (Å²) in [5, 5.41) is 8.04. The molecule has 0 spiro atoms. The van der Waals surface area contributed by atoms with Gasteiger partial charge in [-0.2, -0.15) is 13.2 Å². The number of hydrogen-bond acceptors (Lipinski definition) is 4. The summed E-state index contributed by atoms with van der Waals surface area (Å²) in [7, 11) is 1.31. The highest BCUT2D eigenvalue weighted by Gasteiger charge is 2.37. The molecule has 0 unspecified atom stereocenters. The van der Waals surface area contributed by atoms with Crippen LogP contribution in [0.2, 0.25) is 0 Å². The Morgan fingerprint density at radius 2 is 1.91 bits per heavy atom. The van der Waals surface area contributed by atoms with Crippen LogP contribution in [0.3, 0.4) is 0 Å². The molecule has 0 bridgehead atoms. The first-order chi connectivity index (χ1) is 10.5. The maximum atomic E-state index is 12.7. The van der Waals surface area contributed by atoms with Crippen molar-refractivity contribution in [2.24, 2.45) is 7.05 Å². The van der Waals surface area contributed by atoms with Crippen LogP contribution in [0.25, 0.3) is 10.9 Å². The molecule has 114 valence electrons. The average molecular weight is 324 g/mol. The van der Waals surface area contributed by atoms with Crippen molar-refractivity contribution in [3.05, 3.63) is 47.9 Å². The minimum Gasteiger partial charge on any atom is -0.302 e. The van der Waals surface area contributed by atoms with E-state index in [2.05, 4.69) is 15.2 Å². The number of para-hydroxylation sites is 1. The molecule has 0 saturated carbocycles. The van der Waals surface area contributed by atoms with Gasteiger partial charge < -0.3 is 4.57 Å². The number of benzene rings is 1. The summed E-state index contributed by atoms with van der Waals surface area (Å²) in [5.41, 5.74) is 1.79. The summed E-state index contributed by atoms with van der Waals surface area (Å²) in [6.45, 7) is 0. The van der Waals surface area contributed by atoms with Gasteiger partial charge in [0.1, 0.15) is 0 Å². The van der Waals surface area contributed by atoms with Crippen LogP contribution in [0.15, 0.2) is 41.7 Å². The Morgan fingerprint density at radius 3 is 2.64 bits per heavy atom. The Morgan fingerprint density at radius 1 is 1.14 bits per heavy atom. The number of aromatic nitrogens is 4. The van der Waals surface area contributed by atoms with Gasteiger partial charge in [-0.15, -0.1) is 10.2 Å². The first-order valence-corrected chi connectivity index (χ1v) is 7.37. The van der Waals surface area contributed by atoms with E-state index in [0.717, 1.165) is 21.0 Å². The Kier molecular flexibility index (Phi) is 3.78. The second kappa shape index (κ2) is 5.60. The predicted molar refractivity (Wildman–Crippen MR) is 77.3 cm³/mol. The second-order valence-electron chi connectivity index (χ2n) is 4.64. The van der Waals surface area contributed by atoms with E-state index in [4.69, 9.17) is 0 Å². The van der Waals surface area contributed by atoms with Crippen LogP contribution < -0.4 is 0 Å². The fourth-order valence-corrected chi connectivity index (χ4v) is 3.01. The minimum atomic E-state index is -4.50. The second-order valence-corrected chi connectivity index (χ2v) is 5.59. The van der Waals surface area contributed by atoms with Gasteiger partial charge >= 0.3 is 6.18 Å². The van der Waals surface area contributed by atoms with Crippen molar-refractivity contribution in [1.82, 2.24) is 19.7 Å². The highest BCUT2D eigenvalue weighted by Crippen LogP contribution is 2.31. The molecule has 0 amide bonds. The zero-order valence-electron chi connectivity index (χ0n) is 11.5. The molecule has 1 aromatic carbocycles. The number of alkyl halides is 3. The third-order valence-electron chi connectivity index (χ3n) is 3.16. The smallest absolute Gasteiger partial charge is 0.302 e. The van der Waals surface area contributed by atoms with E-state index >= 15 is 0 Å². The molecule has 0 aliphatic heterocycles. The molecule has 0 N–H and O–H groups in total. The number of hydrogen-bond donors (Lipinski definition) is 0. The van der Waals surface area contributed by atoms with Crippen molar-refractivity contribution >= 4 is 22.7 Å². The molecule has 0 saturated heterocycles. The third-order valence-corrected chi connectivity index (χ3v) is 4.23. The number of pyridine rings is 1. The summed E-state index contributed by atoms with van der Waals surface area (Å²) in [5.74, 6) is -0.524. The summed E-state index contributed by atoms with van der Waals surface area (Å²) in [6.07, 6.45) is -2.80. The normalized spacial score (nSPS) is 12.0. The third kappa shape index (κ3) is 2.78. The van der Waals surface area contributed by atoms with Gasteiger partial charge in [-0.25, -0.2) is 0 Å². The van der Waals surface area contributed by atoms with Crippen molar-refractivity contribution in [3.8, 4) is 0 Å². The van der Waals surface area contributed by atoms with E-state index < -0.39 is 12.0 Å². The summed E-state index contributed by atoms with van der Waals surface area (Å²) in [6, 6.07) is 9.54. The fraction of sp³-hybridized carbons (Fsp3) is 0.214. The molecule has 3 aromatic rings. The van der Waals surface area contributed by atoms with Crippen LogP contribution in [0.5, 0.6) is 0 Å². The molecule has 4 nitrogen and oxygen atoms in total. The van der Waals surface area contributed by atoms with E-state index in [9.17, 15) is 13.2 Å². The van der Waals surface area contributed by atoms with Crippen molar-refractivity contribution in [2.75, 3.05) is 0 Å². The van der Waals surface area contributed by atoms with Gasteiger partial charge in [0.2, 0.25) is 5.82 Å². The summed E-state index contributed by atoms with van der Waals surface area (Å²) < 4.78 is 39.0. The van der Waals surface area contributed by atoms with Crippen LogP contribution in [0, 0.1) is 0 Å². The number of fused-ring (bicyclic) bond motifs is 1. The van der Waals surface area contributed by atoms with Crippen molar-refractivity contribution < 1.29 is 13.2 Å². The molecule has 0 aliphatic carbocycles. The van der Waals surface area contributed by atoms with Gasteiger partial charge in [0.15, 0.2) is 5.16 Å². The Hall–Kier alpha value is -2.09. The topological polar surface area (TPSA) is 43.6 Å². The van der Waals surface area contributed by atoms with E-state index in [0.29, 0.717) is 5.75 Å². The van der Waals surface area contributed by atoms with Crippen LogP contribution in [-0.2, 0) is 19.0 Å². The molecule has 8 heteroatoms. The zero-order valence-corrected chi connectivity index (χ0v) is 12.3. The lowest BCUT2D eigenvalue weighted by atomic mass is 10.1. The Balaban J connectivity index is 1.85. The SMILES string of the molecule is Cn1c(SCc2cccc3cccnc23)nnc1C(F)(F)F. The van der Waals surface area contributed by atoms with Crippen LogP contribution in [0.1, 0.15) is 11.4 Å². The van der Waals surface area contributed by atoms with E-state index in [-0.39, 0.29) is 5.16 Å². The molecule has 2 heterocycles. The summed E-state index contributed by atoms with van der Waals surface area (Å²) >= 11 is 1.20. The highest BCUT2D eigenvalue weighted by molar-refractivity contribution is 7.98. The van der Waals surface area contributed by atoms with Gasteiger partial charge in [0.05, 0.1) is 5.52 Å². The summed E-state index contributed by atoms with van der Waals surface area (Å²) in [4.78, 5) is 4.32. The molecule has 22 heavy (non-hydrogen) atoms. The lowest BCUT2D eigenvalue weighted by Crippen LogP contribution is -2.12. The largest absolute Gasteiger partial charge is 0.451 e. The lowest BCUT2D eigenvalue weighted by Gasteiger charge is -2.07. The Labute approximate surface area is 128 Å². The molecule has 3 rings (SSSR count). The van der Waals surface area contributed by atoms with E-state index in [1.807, 2.05) is 30.3 Å².